The summed E-state index contributed by atoms with van der Waals surface area (Å²) in [6.07, 6.45) is 0.977. The van der Waals surface area contributed by atoms with Crippen LogP contribution < -0.4 is 4.90 Å². The van der Waals surface area contributed by atoms with Gasteiger partial charge in [-0.15, -0.1) is 0 Å². The molecule has 2 heterocycles. The van der Waals surface area contributed by atoms with E-state index in [-0.39, 0.29) is 16.9 Å². The summed E-state index contributed by atoms with van der Waals surface area (Å²) in [5, 5.41) is 9.18. The fraction of sp³-hybridized carbons (Fsp3) is 0.533. The van der Waals surface area contributed by atoms with Crippen LogP contribution in [0.5, 0.6) is 0 Å². The van der Waals surface area contributed by atoms with Crippen LogP contribution in [0.4, 0.5) is 5.69 Å². The van der Waals surface area contributed by atoms with Crippen LogP contribution in [-0.2, 0) is 5.41 Å². The van der Waals surface area contributed by atoms with Gasteiger partial charge in [-0.05, 0) is 25.0 Å². The van der Waals surface area contributed by atoms with Gasteiger partial charge in [-0.2, -0.15) is 5.26 Å². The molecule has 3 rings (SSSR count). The van der Waals surface area contributed by atoms with E-state index in [4.69, 9.17) is 0 Å². The molecule has 0 bridgehead atoms. The first-order chi connectivity index (χ1) is 8.00. The number of fused-ring (bicyclic) bond motifs is 3. The smallest absolute Gasteiger partial charge is 0.0675 e. The molecule has 0 aromatic heterocycles. The Morgan fingerprint density at radius 3 is 2.71 bits per heavy atom. The summed E-state index contributed by atoms with van der Waals surface area (Å²) in [6, 6.07) is 11.1. The summed E-state index contributed by atoms with van der Waals surface area (Å²) in [4.78, 5) is 2.45. The normalized spacial score (nSPS) is 33.1. The van der Waals surface area contributed by atoms with Crippen molar-refractivity contribution in [1.29, 1.82) is 5.26 Å². The molecule has 1 saturated heterocycles. The molecule has 2 unspecified atom stereocenters. The Bertz CT molecular complexity index is 512. The lowest BCUT2D eigenvalue weighted by atomic mass is 9.69. The molecule has 0 radical (unpaired) electrons. The van der Waals surface area contributed by atoms with E-state index in [1.165, 1.54) is 11.3 Å². The predicted molar refractivity (Wildman–Crippen MR) is 68.9 cm³/mol. The van der Waals surface area contributed by atoms with Gasteiger partial charge < -0.3 is 4.90 Å². The summed E-state index contributed by atoms with van der Waals surface area (Å²) >= 11 is 0. The molecule has 2 aliphatic rings. The minimum absolute atomic E-state index is 0.0943. The zero-order chi connectivity index (χ0) is 12.3. The molecule has 2 heteroatoms. The molecule has 2 nitrogen and oxygen atoms in total. The molecular weight excluding hydrogens is 208 g/mol. The fourth-order valence-corrected chi connectivity index (χ4v) is 3.65. The molecule has 1 fully saturated rings. The van der Waals surface area contributed by atoms with Gasteiger partial charge >= 0.3 is 0 Å². The first kappa shape index (κ1) is 10.7. The number of anilines is 1. The molecule has 88 valence electrons. The average Bonchev–Trinajstić information content (AvgIpc) is 2.74. The number of nitriles is 1. The highest BCUT2D eigenvalue weighted by Gasteiger charge is 2.57. The molecule has 0 amide bonds. The van der Waals surface area contributed by atoms with Gasteiger partial charge in [0.25, 0.3) is 0 Å². The lowest BCUT2D eigenvalue weighted by Crippen LogP contribution is -2.49. The Morgan fingerprint density at radius 2 is 2.00 bits per heavy atom. The molecule has 0 N–H and O–H groups in total. The van der Waals surface area contributed by atoms with Gasteiger partial charge in [0.1, 0.15) is 0 Å². The third-order valence-electron chi connectivity index (χ3n) is 5.04. The van der Waals surface area contributed by atoms with Crippen molar-refractivity contribution in [2.45, 2.75) is 38.1 Å². The van der Waals surface area contributed by atoms with E-state index in [1.54, 1.807) is 0 Å². The van der Waals surface area contributed by atoms with Crippen molar-refractivity contribution in [3.63, 3.8) is 0 Å². The van der Waals surface area contributed by atoms with Gasteiger partial charge in [-0.1, -0.05) is 32.0 Å². The van der Waals surface area contributed by atoms with Gasteiger partial charge in [0.2, 0.25) is 0 Å². The minimum Gasteiger partial charge on any atom is -0.364 e. The Kier molecular flexibility index (Phi) is 1.91. The van der Waals surface area contributed by atoms with Crippen LogP contribution in [0, 0.1) is 17.2 Å². The number of hydrogen-bond acceptors (Lipinski definition) is 2. The van der Waals surface area contributed by atoms with E-state index < -0.39 is 0 Å². The van der Waals surface area contributed by atoms with E-state index in [2.05, 4.69) is 56.0 Å². The molecule has 2 aliphatic heterocycles. The summed E-state index contributed by atoms with van der Waals surface area (Å²) in [7, 11) is 0. The molecule has 17 heavy (non-hydrogen) atoms. The maximum Gasteiger partial charge on any atom is 0.0675 e. The van der Waals surface area contributed by atoms with Crippen LogP contribution in [-0.4, -0.2) is 12.1 Å². The van der Waals surface area contributed by atoms with Crippen LogP contribution in [0.15, 0.2) is 24.3 Å². The second-order valence-electron chi connectivity index (χ2n) is 6.06. The minimum atomic E-state index is 0.0943. The standard InChI is InChI=1S/C15H18N2/c1-14(2)12-6-4-5-7-13(12)17-10-11(9-16)8-15(14,17)3/h4-7,11H,8,10H2,1-3H3. The first-order valence-corrected chi connectivity index (χ1v) is 6.27. The van der Waals surface area contributed by atoms with Gasteiger partial charge in [0.05, 0.1) is 12.0 Å². The van der Waals surface area contributed by atoms with Crippen molar-refractivity contribution in [3.8, 4) is 6.07 Å². The quantitative estimate of drug-likeness (QED) is 0.679. The summed E-state index contributed by atoms with van der Waals surface area (Å²) in [5.41, 5.74) is 2.98. The van der Waals surface area contributed by atoms with Crippen LogP contribution in [0.1, 0.15) is 32.8 Å². The predicted octanol–water partition coefficient (Wildman–Crippen LogP) is 3.09. The maximum absolute atomic E-state index is 9.18. The van der Waals surface area contributed by atoms with Crippen LogP contribution >= 0.6 is 0 Å². The molecule has 1 aromatic carbocycles. The highest BCUT2D eigenvalue weighted by atomic mass is 15.3. The third-order valence-corrected chi connectivity index (χ3v) is 5.04. The van der Waals surface area contributed by atoms with Crippen molar-refractivity contribution >= 4 is 5.69 Å². The van der Waals surface area contributed by atoms with Gasteiger partial charge in [0, 0.05) is 23.2 Å². The van der Waals surface area contributed by atoms with Gasteiger partial charge in [-0.25, -0.2) is 0 Å². The average molecular weight is 226 g/mol. The molecule has 2 atom stereocenters. The Labute approximate surface area is 103 Å². The topological polar surface area (TPSA) is 27.0 Å². The number of rotatable bonds is 0. The fourth-order valence-electron chi connectivity index (χ4n) is 3.65. The van der Waals surface area contributed by atoms with Crippen LogP contribution in [0.2, 0.25) is 0 Å². The summed E-state index contributed by atoms with van der Waals surface area (Å²) in [5.74, 6) is 0.174. The van der Waals surface area contributed by atoms with E-state index in [0.717, 1.165) is 13.0 Å². The van der Waals surface area contributed by atoms with E-state index >= 15 is 0 Å². The highest BCUT2D eigenvalue weighted by Crippen LogP contribution is 2.56. The third kappa shape index (κ3) is 1.10. The molecular formula is C15H18N2. The zero-order valence-corrected chi connectivity index (χ0v) is 10.7. The van der Waals surface area contributed by atoms with Crippen LogP contribution in [0.3, 0.4) is 0 Å². The summed E-state index contributed by atoms with van der Waals surface area (Å²) in [6.45, 7) is 7.81. The van der Waals surface area contributed by atoms with Crippen molar-refractivity contribution in [3.05, 3.63) is 29.8 Å². The Morgan fingerprint density at radius 1 is 1.29 bits per heavy atom. The monoisotopic (exact) mass is 226 g/mol. The second-order valence-corrected chi connectivity index (χ2v) is 6.06. The maximum atomic E-state index is 9.18. The number of benzene rings is 1. The van der Waals surface area contributed by atoms with Gasteiger partial charge in [0.15, 0.2) is 0 Å². The van der Waals surface area contributed by atoms with Crippen LogP contribution in [0.25, 0.3) is 0 Å². The van der Waals surface area contributed by atoms with E-state index in [1.807, 2.05) is 0 Å². The molecule has 0 spiro atoms. The highest BCUT2D eigenvalue weighted by molar-refractivity contribution is 5.67. The largest absolute Gasteiger partial charge is 0.364 e. The number of hydrogen-bond donors (Lipinski definition) is 0. The SMILES string of the molecule is CC1(C)c2ccccc2N2CC(C#N)CC21C. The number of para-hydroxylation sites is 1. The van der Waals surface area contributed by atoms with Gasteiger partial charge in [-0.3, -0.25) is 0 Å². The Hall–Kier alpha value is -1.49. The Balaban J connectivity index is 2.18. The lowest BCUT2D eigenvalue weighted by Gasteiger charge is -2.40. The molecule has 1 aromatic rings. The molecule has 0 saturated carbocycles. The van der Waals surface area contributed by atoms with Crippen molar-refractivity contribution in [1.82, 2.24) is 0 Å². The lowest BCUT2D eigenvalue weighted by molar-refractivity contribution is 0.300. The second kappa shape index (κ2) is 3.04. The van der Waals surface area contributed by atoms with Crippen molar-refractivity contribution < 1.29 is 0 Å². The van der Waals surface area contributed by atoms with Crippen molar-refractivity contribution in [2.75, 3.05) is 11.4 Å². The number of nitrogens with zero attached hydrogens (tertiary/aromatic N) is 2. The van der Waals surface area contributed by atoms with E-state index in [9.17, 15) is 5.26 Å². The summed E-state index contributed by atoms with van der Waals surface area (Å²) < 4.78 is 0. The zero-order valence-electron chi connectivity index (χ0n) is 10.7. The van der Waals surface area contributed by atoms with E-state index in [0.29, 0.717) is 0 Å². The van der Waals surface area contributed by atoms with Crippen molar-refractivity contribution in [2.24, 2.45) is 5.92 Å². The first-order valence-electron chi connectivity index (χ1n) is 6.27. The molecule has 0 aliphatic carbocycles.